The summed E-state index contributed by atoms with van der Waals surface area (Å²) < 4.78 is 4.94. The molecule has 5 heteroatoms. The number of aliphatic carboxylic acids is 1. The van der Waals surface area contributed by atoms with Crippen molar-refractivity contribution in [3.05, 3.63) is 12.7 Å². The second-order valence-electron chi connectivity index (χ2n) is 2.31. The van der Waals surface area contributed by atoms with Crippen LogP contribution < -0.4 is 0 Å². The average molecular weight is 206 g/mol. The number of hydrogen-bond donors (Lipinski definition) is 3. The van der Waals surface area contributed by atoms with Gasteiger partial charge in [-0.1, -0.05) is 6.58 Å². The Labute approximate surface area is 83.6 Å². The molecule has 0 aromatic rings. The van der Waals surface area contributed by atoms with Crippen molar-refractivity contribution >= 4 is 5.97 Å². The van der Waals surface area contributed by atoms with Crippen molar-refractivity contribution in [1.29, 1.82) is 0 Å². The van der Waals surface area contributed by atoms with E-state index in [2.05, 4.69) is 6.58 Å². The van der Waals surface area contributed by atoms with Gasteiger partial charge in [-0.05, 0) is 12.8 Å². The molecule has 0 saturated carbocycles. The summed E-state index contributed by atoms with van der Waals surface area (Å²) in [7, 11) is 0. The Hall–Kier alpha value is -0.910. The lowest BCUT2D eigenvalue weighted by Crippen LogP contribution is -1.85. The molecule has 1 saturated heterocycles. The molecule has 1 aliphatic heterocycles. The van der Waals surface area contributed by atoms with E-state index in [1.807, 2.05) is 0 Å². The molecule has 3 N–H and O–H groups in total. The highest BCUT2D eigenvalue weighted by molar-refractivity contribution is 5.78. The molecule has 0 aliphatic carbocycles. The minimum Gasteiger partial charge on any atom is -0.478 e. The van der Waals surface area contributed by atoms with Crippen LogP contribution in [0.4, 0.5) is 0 Å². The van der Waals surface area contributed by atoms with Gasteiger partial charge in [0.15, 0.2) is 0 Å². The number of aliphatic hydroxyl groups is 2. The van der Waals surface area contributed by atoms with E-state index in [1.54, 1.807) is 0 Å². The molecule has 1 rings (SSSR count). The van der Waals surface area contributed by atoms with Crippen LogP contribution in [0.1, 0.15) is 12.8 Å². The van der Waals surface area contributed by atoms with E-state index >= 15 is 0 Å². The molecule has 1 fully saturated rings. The van der Waals surface area contributed by atoms with Gasteiger partial charge in [-0.25, -0.2) is 4.79 Å². The lowest BCUT2D eigenvalue weighted by Gasteiger charge is -1.76. The largest absolute Gasteiger partial charge is 0.478 e. The highest BCUT2D eigenvalue weighted by Gasteiger charge is 1.94. The first kappa shape index (κ1) is 15.6. The van der Waals surface area contributed by atoms with E-state index in [-0.39, 0.29) is 13.2 Å². The van der Waals surface area contributed by atoms with Crippen LogP contribution in [-0.4, -0.2) is 47.7 Å². The quantitative estimate of drug-likeness (QED) is 0.555. The van der Waals surface area contributed by atoms with Crippen LogP contribution in [0.2, 0.25) is 0 Å². The standard InChI is InChI=1S/C4H8O.C3H4O2.C2H6O2/c1-2-4-5-3-1;1-2-3(4)5;3-1-2-4/h1-4H2;2H,1H2,(H,4,5);3-4H,1-2H2. The van der Waals surface area contributed by atoms with Crippen LogP contribution in [0.25, 0.3) is 0 Å². The van der Waals surface area contributed by atoms with Gasteiger partial charge in [-0.3, -0.25) is 0 Å². The van der Waals surface area contributed by atoms with E-state index in [0.717, 1.165) is 19.3 Å². The van der Waals surface area contributed by atoms with Crippen molar-refractivity contribution in [2.75, 3.05) is 26.4 Å². The Bertz CT molecular complexity index is 122. The predicted octanol–water partition coefficient (Wildman–Crippen LogP) is 0.0248. The van der Waals surface area contributed by atoms with Crippen LogP contribution >= 0.6 is 0 Å². The van der Waals surface area contributed by atoms with Gasteiger partial charge in [0, 0.05) is 19.3 Å². The van der Waals surface area contributed by atoms with Crippen molar-refractivity contribution in [3.63, 3.8) is 0 Å². The molecule has 0 aromatic heterocycles. The topological polar surface area (TPSA) is 87.0 Å². The van der Waals surface area contributed by atoms with Crippen LogP contribution in [0.3, 0.4) is 0 Å². The van der Waals surface area contributed by atoms with Crippen molar-refractivity contribution in [2.45, 2.75) is 12.8 Å². The van der Waals surface area contributed by atoms with Crippen molar-refractivity contribution in [2.24, 2.45) is 0 Å². The summed E-state index contributed by atoms with van der Waals surface area (Å²) in [6, 6.07) is 0. The zero-order chi connectivity index (χ0) is 11.2. The Morgan fingerprint density at radius 2 is 1.64 bits per heavy atom. The molecule has 1 aliphatic rings. The van der Waals surface area contributed by atoms with Gasteiger partial charge in [-0.15, -0.1) is 0 Å². The minimum absolute atomic E-state index is 0.125. The van der Waals surface area contributed by atoms with Crippen molar-refractivity contribution in [3.8, 4) is 0 Å². The summed E-state index contributed by atoms with van der Waals surface area (Å²) in [5, 5.41) is 22.9. The Kier molecular flexibility index (Phi) is 16.2. The van der Waals surface area contributed by atoms with E-state index in [1.165, 1.54) is 12.8 Å². The monoisotopic (exact) mass is 206 g/mol. The van der Waals surface area contributed by atoms with Gasteiger partial charge in [0.05, 0.1) is 13.2 Å². The number of carboxylic acids is 1. The third-order valence-electron chi connectivity index (χ3n) is 1.10. The van der Waals surface area contributed by atoms with Gasteiger partial charge in [0.2, 0.25) is 0 Å². The van der Waals surface area contributed by atoms with E-state index in [4.69, 9.17) is 20.1 Å². The third kappa shape index (κ3) is 22.5. The SMILES string of the molecule is C1CCOC1.C=CC(=O)O.OCCO. The molecule has 0 unspecified atom stereocenters. The van der Waals surface area contributed by atoms with Crippen LogP contribution in [-0.2, 0) is 9.53 Å². The highest BCUT2D eigenvalue weighted by atomic mass is 16.5. The fourth-order valence-corrected chi connectivity index (χ4v) is 0.510. The number of carbonyl (C=O) groups is 1. The maximum absolute atomic E-state index is 9.25. The second kappa shape index (κ2) is 14.6. The molecule has 5 nitrogen and oxygen atoms in total. The normalized spacial score (nSPS) is 13.0. The molecule has 0 radical (unpaired) electrons. The van der Waals surface area contributed by atoms with Crippen LogP contribution in [0, 0.1) is 0 Å². The smallest absolute Gasteiger partial charge is 0.327 e. The number of hydrogen-bond acceptors (Lipinski definition) is 4. The van der Waals surface area contributed by atoms with E-state index in [0.29, 0.717) is 0 Å². The maximum atomic E-state index is 9.25. The Balaban J connectivity index is 0. The van der Waals surface area contributed by atoms with Crippen LogP contribution in [0.15, 0.2) is 12.7 Å². The molecular weight excluding hydrogens is 188 g/mol. The lowest BCUT2D eigenvalue weighted by atomic mass is 10.4. The summed E-state index contributed by atoms with van der Waals surface area (Å²) in [5.41, 5.74) is 0. The summed E-state index contributed by atoms with van der Waals surface area (Å²) in [5.74, 6) is -0.981. The van der Waals surface area contributed by atoms with Crippen LogP contribution in [0.5, 0.6) is 0 Å². The number of ether oxygens (including phenoxy) is 1. The summed E-state index contributed by atoms with van der Waals surface area (Å²) in [4.78, 5) is 9.25. The van der Waals surface area contributed by atoms with Gasteiger partial charge < -0.3 is 20.1 Å². The molecule has 84 valence electrons. The van der Waals surface area contributed by atoms with Gasteiger partial charge in [0.25, 0.3) is 0 Å². The molecule has 0 atom stereocenters. The summed E-state index contributed by atoms with van der Waals surface area (Å²) in [6.45, 7) is 4.71. The maximum Gasteiger partial charge on any atom is 0.327 e. The Morgan fingerprint density at radius 3 is 1.71 bits per heavy atom. The van der Waals surface area contributed by atoms with E-state index < -0.39 is 5.97 Å². The van der Waals surface area contributed by atoms with E-state index in [9.17, 15) is 4.79 Å². The van der Waals surface area contributed by atoms with Crippen molar-refractivity contribution in [1.82, 2.24) is 0 Å². The predicted molar refractivity (Wildman–Crippen MR) is 52.1 cm³/mol. The fraction of sp³-hybridized carbons (Fsp3) is 0.667. The first-order valence-electron chi connectivity index (χ1n) is 4.33. The first-order chi connectivity index (χ1) is 6.68. The molecule has 0 spiro atoms. The molecule has 0 bridgehead atoms. The molecule has 14 heavy (non-hydrogen) atoms. The zero-order valence-electron chi connectivity index (χ0n) is 8.19. The molecule has 1 heterocycles. The number of rotatable bonds is 2. The molecular formula is C9H18O5. The summed E-state index contributed by atoms with van der Waals surface area (Å²) >= 11 is 0. The van der Waals surface area contributed by atoms with Gasteiger partial charge >= 0.3 is 5.97 Å². The van der Waals surface area contributed by atoms with Crippen molar-refractivity contribution < 1.29 is 24.9 Å². The first-order valence-corrected chi connectivity index (χ1v) is 4.33. The highest BCUT2D eigenvalue weighted by Crippen LogP contribution is 1.98. The molecule has 0 aromatic carbocycles. The third-order valence-corrected chi connectivity index (χ3v) is 1.10. The number of aliphatic hydroxyl groups excluding tert-OH is 2. The Morgan fingerprint density at radius 1 is 1.29 bits per heavy atom. The fourth-order valence-electron chi connectivity index (χ4n) is 0.510. The minimum atomic E-state index is -0.981. The average Bonchev–Trinajstić information content (AvgIpc) is 2.76. The van der Waals surface area contributed by atoms with Gasteiger partial charge in [-0.2, -0.15) is 0 Å². The zero-order valence-corrected chi connectivity index (χ0v) is 8.19. The van der Waals surface area contributed by atoms with Gasteiger partial charge in [0.1, 0.15) is 0 Å². The number of carboxylic acid groups (broad SMARTS) is 1. The summed E-state index contributed by atoms with van der Waals surface area (Å²) in [6.07, 6.45) is 3.39. The molecule has 0 amide bonds. The second-order valence-corrected chi connectivity index (χ2v) is 2.31. The lowest BCUT2D eigenvalue weighted by molar-refractivity contribution is -0.131.